The van der Waals surface area contributed by atoms with Crippen LogP contribution in [0.2, 0.25) is 0 Å². The molecule has 4 atom stereocenters. The number of benzene rings is 4. The van der Waals surface area contributed by atoms with Gasteiger partial charge in [-0.1, -0.05) is 48.5 Å². The Bertz CT molecular complexity index is 1920. The van der Waals surface area contributed by atoms with E-state index in [1.54, 1.807) is 36.4 Å². The second kappa shape index (κ2) is 11.5. The van der Waals surface area contributed by atoms with E-state index in [1.165, 1.54) is 88.2 Å². The SMILES string of the molecule is O=C(O)c1cccc(Oc2ccccc2C23CC4CC(C2)CC(C25CC6CC(CC(c7ccccc7Oc7cccc(C(=O)O)c7)(C6)C2)C5)(C4)C3)c1. The Labute approximate surface area is 305 Å². The minimum atomic E-state index is -0.948. The van der Waals surface area contributed by atoms with Gasteiger partial charge in [0.2, 0.25) is 0 Å². The monoisotopic (exact) mass is 694 g/mol. The predicted octanol–water partition coefficient (Wildman–Crippen LogP) is 11.0. The van der Waals surface area contributed by atoms with Gasteiger partial charge in [0.25, 0.3) is 0 Å². The normalized spacial score (nSPS) is 35.0. The molecular formula is C46H46O6. The van der Waals surface area contributed by atoms with Crippen LogP contribution in [0.15, 0.2) is 97.1 Å². The lowest BCUT2D eigenvalue weighted by molar-refractivity contribution is -0.212. The summed E-state index contributed by atoms with van der Waals surface area (Å²) in [7, 11) is 0. The molecule has 8 fully saturated rings. The van der Waals surface area contributed by atoms with Crippen molar-refractivity contribution < 1.29 is 29.3 Å². The maximum absolute atomic E-state index is 11.8. The predicted molar refractivity (Wildman–Crippen MR) is 197 cm³/mol. The molecule has 0 heterocycles. The summed E-state index contributed by atoms with van der Waals surface area (Å²) in [6, 6.07) is 31.0. The Balaban J connectivity index is 1.02. The number of carboxylic acid groups (broad SMARTS) is 2. The van der Waals surface area contributed by atoms with Gasteiger partial charge in [0, 0.05) is 22.0 Å². The van der Waals surface area contributed by atoms with Crippen molar-refractivity contribution in [1.82, 2.24) is 0 Å². The van der Waals surface area contributed by atoms with E-state index in [9.17, 15) is 19.8 Å². The van der Waals surface area contributed by atoms with Gasteiger partial charge in [-0.25, -0.2) is 9.59 Å². The molecule has 0 aromatic heterocycles. The largest absolute Gasteiger partial charge is 0.478 e. The van der Waals surface area contributed by atoms with E-state index >= 15 is 0 Å². The fourth-order valence-corrected chi connectivity index (χ4v) is 14.0. The molecule has 12 rings (SSSR count). The summed E-state index contributed by atoms with van der Waals surface area (Å²) in [4.78, 5) is 23.5. The van der Waals surface area contributed by atoms with E-state index in [0.29, 0.717) is 35.2 Å². The van der Waals surface area contributed by atoms with Gasteiger partial charge in [0.15, 0.2) is 0 Å². The summed E-state index contributed by atoms with van der Waals surface area (Å²) >= 11 is 0. The highest BCUT2D eigenvalue weighted by molar-refractivity contribution is 5.88. The van der Waals surface area contributed by atoms with E-state index < -0.39 is 11.9 Å². The molecule has 8 bridgehead atoms. The molecule has 6 nitrogen and oxygen atoms in total. The van der Waals surface area contributed by atoms with E-state index in [-0.39, 0.29) is 32.8 Å². The molecule has 8 aliphatic rings. The Kier molecular flexibility index (Phi) is 7.07. The third-order valence-electron chi connectivity index (χ3n) is 14.8. The molecule has 52 heavy (non-hydrogen) atoms. The highest BCUT2D eigenvalue weighted by Gasteiger charge is 2.70. The molecule has 0 amide bonds. The first-order valence-electron chi connectivity index (χ1n) is 19.4. The zero-order valence-corrected chi connectivity index (χ0v) is 29.6. The third kappa shape index (κ3) is 4.96. The summed E-state index contributed by atoms with van der Waals surface area (Å²) in [6.07, 6.45) is 15.3. The molecule has 0 spiro atoms. The molecule has 0 saturated heterocycles. The summed E-state index contributed by atoms with van der Waals surface area (Å²) in [5, 5.41) is 19.3. The second-order valence-electron chi connectivity index (χ2n) is 17.9. The lowest BCUT2D eigenvalue weighted by Crippen LogP contribution is -2.66. The highest BCUT2D eigenvalue weighted by atomic mass is 16.5. The van der Waals surface area contributed by atoms with Crippen molar-refractivity contribution in [2.45, 2.75) is 87.9 Å². The van der Waals surface area contributed by atoms with Crippen LogP contribution in [0.3, 0.4) is 0 Å². The molecule has 2 N–H and O–H groups in total. The van der Waals surface area contributed by atoms with Gasteiger partial charge < -0.3 is 19.7 Å². The van der Waals surface area contributed by atoms with E-state index in [0.717, 1.165) is 11.5 Å². The molecule has 4 aromatic carbocycles. The zero-order chi connectivity index (χ0) is 35.3. The van der Waals surface area contributed by atoms with Crippen molar-refractivity contribution in [1.29, 1.82) is 0 Å². The standard InChI is InChI=1S/C46H46O6/c47-41(48)33-7-5-9-35(17-33)51-39-13-3-1-11-37(39)43-19-29-15-30(20-43)24-45(23-29,27-43)46-25-31-16-32(26-46)22-44(21-31,28-46)38-12-2-4-14-40(38)52-36-10-6-8-34(18-36)42(49)50/h1-14,17-18,29-32H,15-16,19-28H2,(H,47,48)(H,49,50). The van der Waals surface area contributed by atoms with Crippen LogP contribution in [0, 0.1) is 34.5 Å². The average Bonchev–Trinajstić information content (AvgIpc) is 3.11. The van der Waals surface area contributed by atoms with Crippen LogP contribution >= 0.6 is 0 Å². The van der Waals surface area contributed by atoms with Crippen LogP contribution in [0.25, 0.3) is 0 Å². The Morgan fingerprint density at radius 3 is 1.27 bits per heavy atom. The van der Waals surface area contributed by atoms with Gasteiger partial charge in [-0.05, 0) is 160 Å². The minimum Gasteiger partial charge on any atom is -0.478 e. The fourth-order valence-electron chi connectivity index (χ4n) is 14.0. The summed E-state index contributed by atoms with van der Waals surface area (Å²) < 4.78 is 13.2. The van der Waals surface area contributed by atoms with Crippen molar-refractivity contribution in [2.24, 2.45) is 34.5 Å². The quantitative estimate of drug-likeness (QED) is 0.181. The first-order valence-corrected chi connectivity index (χ1v) is 19.4. The molecule has 4 aromatic rings. The molecule has 266 valence electrons. The molecule has 0 aliphatic heterocycles. The van der Waals surface area contributed by atoms with Crippen LogP contribution in [0.5, 0.6) is 23.0 Å². The smallest absolute Gasteiger partial charge is 0.335 e. The molecular weight excluding hydrogens is 649 g/mol. The van der Waals surface area contributed by atoms with Crippen LogP contribution in [-0.4, -0.2) is 22.2 Å². The molecule has 8 aliphatic carbocycles. The summed E-state index contributed by atoms with van der Waals surface area (Å²) in [5.74, 6) is 3.86. The van der Waals surface area contributed by atoms with Gasteiger partial charge in [-0.2, -0.15) is 0 Å². The van der Waals surface area contributed by atoms with Crippen LogP contribution < -0.4 is 9.47 Å². The van der Waals surface area contributed by atoms with Crippen molar-refractivity contribution in [3.8, 4) is 23.0 Å². The number of hydrogen-bond donors (Lipinski definition) is 2. The molecule has 4 unspecified atom stereocenters. The van der Waals surface area contributed by atoms with Crippen LogP contribution in [0.4, 0.5) is 0 Å². The van der Waals surface area contributed by atoms with Gasteiger partial charge in [-0.15, -0.1) is 0 Å². The van der Waals surface area contributed by atoms with Crippen molar-refractivity contribution in [3.63, 3.8) is 0 Å². The van der Waals surface area contributed by atoms with Crippen LogP contribution in [-0.2, 0) is 10.8 Å². The maximum Gasteiger partial charge on any atom is 0.335 e. The van der Waals surface area contributed by atoms with Crippen molar-refractivity contribution in [2.75, 3.05) is 0 Å². The number of para-hydroxylation sites is 2. The average molecular weight is 695 g/mol. The molecule has 8 saturated carbocycles. The second-order valence-corrected chi connectivity index (χ2v) is 17.9. The Hall–Kier alpha value is -4.58. The fraction of sp³-hybridized carbons (Fsp3) is 0.435. The van der Waals surface area contributed by atoms with Crippen molar-refractivity contribution in [3.05, 3.63) is 119 Å². The zero-order valence-electron chi connectivity index (χ0n) is 29.6. The maximum atomic E-state index is 11.8. The van der Waals surface area contributed by atoms with E-state index in [1.807, 2.05) is 12.1 Å². The van der Waals surface area contributed by atoms with Crippen molar-refractivity contribution >= 4 is 11.9 Å². The Morgan fingerprint density at radius 1 is 0.500 bits per heavy atom. The highest BCUT2D eigenvalue weighted by Crippen LogP contribution is 2.79. The number of hydrogen-bond acceptors (Lipinski definition) is 4. The van der Waals surface area contributed by atoms with E-state index in [4.69, 9.17) is 9.47 Å². The number of carbonyl (C=O) groups is 2. The van der Waals surface area contributed by atoms with Gasteiger partial charge in [0.1, 0.15) is 23.0 Å². The summed E-state index contributed by atoms with van der Waals surface area (Å²) in [5.41, 5.74) is 3.77. The van der Waals surface area contributed by atoms with E-state index in [2.05, 4.69) is 48.5 Å². The lowest BCUT2D eigenvalue weighted by Gasteiger charge is -2.74. The summed E-state index contributed by atoms with van der Waals surface area (Å²) in [6.45, 7) is 0. The number of ether oxygens (including phenoxy) is 2. The van der Waals surface area contributed by atoms with Gasteiger partial charge in [0.05, 0.1) is 11.1 Å². The van der Waals surface area contributed by atoms with Gasteiger partial charge in [-0.3, -0.25) is 0 Å². The third-order valence-corrected chi connectivity index (χ3v) is 14.8. The minimum absolute atomic E-state index is 0.0533. The number of carboxylic acids is 2. The Morgan fingerprint density at radius 2 is 0.885 bits per heavy atom. The topological polar surface area (TPSA) is 93.1 Å². The first kappa shape index (κ1) is 32.1. The first-order chi connectivity index (χ1) is 25.1. The lowest BCUT2D eigenvalue weighted by atomic mass is 9.30. The molecule has 6 heteroatoms. The van der Waals surface area contributed by atoms with Crippen LogP contribution in [0.1, 0.15) is 109 Å². The number of aromatic carboxylic acids is 2. The molecule has 0 radical (unpaired) electrons. The van der Waals surface area contributed by atoms with Gasteiger partial charge >= 0.3 is 11.9 Å². The number of rotatable bonds is 9.